The van der Waals surface area contributed by atoms with Crippen LogP contribution in [0.1, 0.15) is 47.2 Å². The Hall–Kier alpha value is -2.82. The SMILES string of the molecule is COC(=O)c1cc(NC(=O)C2(c3cccc(C)c3)CCCC2)ccc1OC. The van der Waals surface area contributed by atoms with E-state index in [0.29, 0.717) is 11.4 Å². The normalized spacial score (nSPS) is 15.2. The summed E-state index contributed by atoms with van der Waals surface area (Å²) in [6.07, 6.45) is 3.69. The van der Waals surface area contributed by atoms with E-state index >= 15 is 0 Å². The van der Waals surface area contributed by atoms with Gasteiger partial charge in [-0.05, 0) is 43.5 Å². The second-order valence-electron chi connectivity index (χ2n) is 7.02. The van der Waals surface area contributed by atoms with Crippen LogP contribution in [-0.2, 0) is 14.9 Å². The van der Waals surface area contributed by atoms with Crippen molar-refractivity contribution in [1.82, 2.24) is 0 Å². The Morgan fingerprint density at radius 2 is 1.78 bits per heavy atom. The second-order valence-corrected chi connectivity index (χ2v) is 7.02. The summed E-state index contributed by atoms with van der Waals surface area (Å²) >= 11 is 0. The number of methoxy groups -OCH3 is 2. The number of carbonyl (C=O) groups excluding carboxylic acids is 2. The van der Waals surface area contributed by atoms with Crippen molar-refractivity contribution in [2.75, 3.05) is 19.5 Å². The quantitative estimate of drug-likeness (QED) is 0.803. The van der Waals surface area contributed by atoms with Crippen molar-refractivity contribution in [1.29, 1.82) is 0 Å². The molecular formula is C22H25NO4. The van der Waals surface area contributed by atoms with Crippen molar-refractivity contribution in [2.45, 2.75) is 38.0 Å². The van der Waals surface area contributed by atoms with E-state index in [9.17, 15) is 9.59 Å². The first-order chi connectivity index (χ1) is 13.0. The summed E-state index contributed by atoms with van der Waals surface area (Å²) in [4.78, 5) is 25.3. The van der Waals surface area contributed by atoms with Crippen LogP contribution < -0.4 is 10.1 Å². The average molecular weight is 367 g/mol. The third-order valence-corrected chi connectivity index (χ3v) is 5.33. The number of esters is 1. The Labute approximate surface area is 159 Å². The van der Waals surface area contributed by atoms with E-state index in [1.165, 1.54) is 14.2 Å². The number of rotatable bonds is 5. The maximum atomic E-state index is 13.3. The summed E-state index contributed by atoms with van der Waals surface area (Å²) in [5.41, 5.74) is 2.51. The first-order valence-electron chi connectivity index (χ1n) is 9.15. The lowest BCUT2D eigenvalue weighted by Gasteiger charge is -2.29. The minimum absolute atomic E-state index is 0.0356. The molecule has 2 aromatic rings. The van der Waals surface area contributed by atoms with Crippen LogP contribution in [0.25, 0.3) is 0 Å². The zero-order chi connectivity index (χ0) is 19.4. The number of nitrogens with one attached hydrogen (secondary N) is 1. The van der Waals surface area contributed by atoms with Crippen LogP contribution in [0.3, 0.4) is 0 Å². The maximum Gasteiger partial charge on any atom is 0.341 e. The predicted octanol–water partition coefficient (Wildman–Crippen LogP) is 4.24. The van der Waals surface area contributed by atoms with E-state index < -0.39 is 11.4 Å². The van der Waals surface area contributed by atoms with Crippen molar-refractivity contribution in [3.63, 3.8) is 0 Å². The van der Waals surface area contributed by atoms with Gasteiger partial charge in [-0.3, -0.25) is 4.79 Å². The lowest BCUT2D eigenvalue weighted by atomic mass is 9.77. The molecule has 1 fully saturated rings. The Morgan fingerprint density at radius 3 is 2.41 bits per heavy atom. The van der Waals surface area contributed by atoms with Gasteiger partial charge >= 0.3 is 5.97 Å². The lowest BCUT2D eigenvalue weighted by molar-refractivity contribution is -0.121. The fourth-order valence-corrected chi connectivity index (χ4v) is 3.87. The van der Waals surface area contributed by atoms with Gasteiger partial charge in [0, 0.05) is 5.69 Å². The van der Waals surface area contributed by atoms with E-state index in [0.717, 1.165) is 36.8 Å². The van der Waals surface area contributed by atoms with Gasteiger partial charge in [0.2, 0.25) is 5.91 Å². The number of aryl methyl sites for hydroxylation is 1. The molecule has 1 saturated carbocycles. The number of carbonyl (C=O) groups is 2. The van der Waals surface area contributed by atoms with E-state index in [1.807, 2.05) is 25.1 Å². The molecule has 1 N–H and O–H groups in total. The molecule has 5 heteroatoms. The molecular weight excluding hydrogens is 342 g/mol. The van der Waals surface area contributed by atoms with Crippen LogP contribution in [0, 0.1) is 6.92 Å². The molecule has 0 spiro atoms. The number of ether oxygens (including phenoxy) is 2. The molecule has 0 aromatic heterocycles. The molecule has 0 atom stereocenters. The Balaban J connectivity index is 1.92. The largest absolute Gasteiger partial charge is 0.496 e. The Morgan fingerprint density at radius 1 is 1.04 bits per heavy atom. The molecule has 5 nitrogen and oxygen atoms in total. The minimum atomic E-state index is -0.530. The van der Waals surface area contributed by atoms with Gasteiger partial charge in [0.25, 0.3) is 0 Å². The van der Waals surface area contributed by atoms with Crippen LogP contribution in [0.2, 0.25) is 0 Å². The molecule has 1 aliphatic rings. The van der Waals surface area contributed by atoms with E-state index in [2.05, 4.69) is 11.4 Å². The van der Waals surface area contributed by atoms with Gasteiger partial charge in [-0.25, -0.2) is 4.79 Å². The summed E-state index contributed by atoms with van der Waals surface area (Å²) in [6.45, 7) is 2.04. The number of amides is 1. The highest BCUT2D eigenvalue weighted by Crippen LogP contribution is 2.42. The van der Waals surface area contributed by atoms with Gasteiger partial charge < -0.3 is 14.8 Å². The third kappa shape index (κ3) is 3.68. The van der Waals surface area contributed by atoms with Crippen LogP contribution in [0.5, 0.6) is 5.75 Å². The summed E-state index contributed by atoms with van der Waals surface area (Å²) in [7, 11) is 2.81. The third-order valence-electron chi connectivity index (χ3n) is 5.33. The summed E-state index contributed by atoms with van der Waals surface area (Å²) in [6, 6.07) is 13.2. The van der Waals surface area contributed by atoms with Gasteiger partial charge in [-0.2, -0.15) is 0 Å². The fourth-order valence-electron chi connectivity index (χ4n) is 3.87. The van der Waals surface area contributed by atoms with Gasteiger partial charge in [0.1, 0.15) is 11.3 Å². The molecule has 0 aliphatic heterocycles. The first kappa shape index (κ1) is 19.0. The molecule has 0 saturated heterocycles. The molecule has 0 bridgehead atoms. The van der Waals surface area contributed by atoms with Gasteiger partial charge in [0.05, 0.1) is 19.6 Å². The molecule has 27 heavy (non-hydrogen) atoms. The highest BCUT2D eigenvalue weighted by atomic mass is 16.5. The Bertz CT molecular complexity index is 853. The van der Waals surface area contributed by atoms with Crippen molar-refractivity contribution in [2.24, 2.45) is 0 Å². The van der Waals surface area contributed by atoms with E-state index in [1.54, 1.807) is 18.2 Å². The van der Waals surface area contributed by atoms with Crippen molar-refractivity contribution in [3.05, 3.63) is 59.2 Å². The number of hydrogen-bond acceptors (Lipinski definition) is 4. The highest BCUT2D eigenvalue weighted by Gasteiger charge is 2.42. The standard InChI is InChI=1S/C22H25NO4/c1-15-7-6-8-16(13-15)22(11-4-5-12-22)21(25)23-17-9-10-19(26-2)18(14-17)20(24)27-3/h6-10,13-14H,4-5,11-12H2,1-3H3,(H,23,25). The molecule has 3 rings (SSSR count). The molecule has 0 radical (unpaired) electrons. The lowest BCUT2D eigenvalue weighted by Crippen LogP contribution is -2.38. The summed E-state index contributed by atoms with van der Waals surface area (Å²) in [5.74, 6) is -0.127. The number of benzene rings is 2. The van der Waals surface area contributed by atoms with Crippen LogP contribution in [-0.4, -0.2) is 26.1 Å². The average Bonchev–Trinajstić information content (AvgIpc) is 3.18. The van der Waals surface area contributed by atoms with Crippen LogP contribution >= 0.6 is 0 Å². The van der Waals surface area contributed by atoms with Gasteiger partial charge in [-0.15, -0.1) is 0 Å². The summed E-state index contributed by atoms with van der Waals surface area (Å²) < 4.78 is 10.0. The molecule has 0 unspecified atom stereocenters. The molecule has 0 heterocycles. The fraction of sp³-hybridized carbons (Fsp3) is 0.364. The molecule has 1 aliphatic carbocycles. The molecule has 1 amide bonds. The topological polar surface area (TPSA) is 64.6 Å². The zero-order valence-electron chi connectivity index (χ0n) is 16.0. The number of anilines is 1. The smallest absolute Gasteiger partial charge is 0.341 e. The van der Waals surface area contributed by atoms with E-state index in [4.69, 9.17) is 9.47 Å². The highest BCUT2D eigenvalue weighted by molar-refractivity contribution is 6.01. The monoisotopic (exact) mass is 367 g/mol. The Kier molecular flexibility index (Phi) is 5.49. The van der Waals surface area contributed by atoms with E-state index in [-0.39, 0.29) is 11.5 Å². The second kappa shape index (κ2) is 7.82. The first-order valence-corrected chi connectivity index (χ1v) is 9.15. The molecule has 2 aromatic carbocycles. The summed E-state index contributed by atoms with van der Waals surface area (Å²) in [5, 5.41) is 3.01. The van der Waals surface area contributed by atoms with Crippen molar-refractivity contribution < 1.29 is 19.1 Å². The van der Waals surface area contributed by atoms with Crippen molar-refractivity contribution in [3.8, 4) is 5.75 Å². The zero-order valence-corrected chi connectivity index (χ0v) is 16.0. The van der Waals surface area contributed by atoms with Crippen molar-refractivity contribution >= 4 is 17.6 Å². The van der Waals surface area contributed by atoms with Gasteiger partial charge in [0.15, 0.2) is 0 Å². The molecule has 142 valence electrons. The number of hydrogen-bond donors (Lipinski definition) is 1. The minimum Gasteiger partial charge on any atom is -0.496 e. The van der Waals surface area contributed by atoms with Crippen LogP contribution in [0.15, 0.2) is 42.5 Å². The van der Waals surface area contributed by atoms with Gasteiger partial charge in [-0.1, -0.05) is 42.7 Å². The van der Waals surface area contributed by atoms with Crippen LogP contribution in [0.4, 0.5) is 5.69 Å². The maximum absolute atomic E-state index is 13.3. The predicted molar refractivity (Wildman–Crippen MR) is 104 cm³/mol.